The van der Waals surface area contributed by atoms with E-state index in [2.05, 4.69) is 0 Å². The van der Waals surface area contributed by atoms with Gasteiger partial charge in [-0.15, -0.1) is 0 Å². The Morgan fingerprint density at radius 2 is 2.22 bits per heavy atom. The summed E-state index contributed by atoms with van der Waals surface area (Å²) < 4.78 is 0. The molecule has 0 saturated heterocycles. The second kappa shape index (κ2) is 7.39. The summed E-state index contributed by atoms with van der Waals surface area (Å²) >= 11 is 5.92. The van der Waals surface area contributed by atoms with Gasteiger partial charge in [0.1, 0.15) is 0 Å². The quantitative estimate of drug-likeness (QED) is 0.862. The summed E-state index contributed by atoms with van der Waals surface area (Å²) in [7, 11) is 1.82. The Hall–Kier alpha value is -1.06. The molecule has 1 unspecified atom stereocenters. The van der Waals surface area contributed by atoms with Crippen molar-refractivity contribution in [1.29, 1.82) is 0 Å². The first kappa shape index (κ1) is 15.0. The van der Waals surface area contributed by atoms with Crippen molar-refractivity contribution in [3.8, 4) is 0 Å². The van der Waals surface area contributed by atoms with Crippen molar-refractivity contribution in [1.82, 2.24) is 4.90 Å². The lowest BCUT2D eigenvalue weighted by molar-refractivity contribution is -0.134. The fourth-order valence-corrected chi connectivity index (χ4v) is 2.12. The Morgan fingerprint density at radius 3 is 2.83 bits per heavy atom. The Kier molecular flexibility index (Phi) is 6.16. The van der Waals surface area contributed by atoms with Crippen molar-refractivity contribution < 1.29 is 4.79 Å². The molecule has 0 aliphatic carbocycles. The van der Waals surface area contributed by atoms with E-state index in [0.717, 1.165) is 18.4 Å². The van der Waals surface area contributed by atoms with E-state index in [4.69, 9.17) is 17.3 Å². The highest BCUT2D eigenvalue weighted by atomic mass is 35.5. The molecule has 0 bridgehead atoms. The molecule has 100 valence electrons. The van der Waals surface area contributed by atoms with Gasteiger partial charge in [-0.05, 0) is 37.1 Å². The molecule has 0 radical (unpaired) electrons. The van der Waals surface area contributed by atoms with Crippen LogP contribution in [-0.4, -0.2) is 24.4 Å². The molecule has 2 N–H and O–H groups in total. The molecule has 1 atom stereocenters. The topological polar surface area (TPSA) is 46.3 Å². The van der Waals surface area contributed by atoms with Crippen LogP contribution in [0.5, 0.6) is 0 Å². The number of carbonyl (C=O) groups is 1. The van der Waals surface area contributed by atoms with Crippen LogP contribution >= 0.6 is 11.6 Å². The molecule has 1 aromatic carbocycles. The maximum Gasteiger partial charge on any atom is 0.225 e. The summed E-state index contributed by atoms with van der Waals surface area (Å²) in [4.78, 5) is 13.8. The van der Waals surface area contributed by atoms with Gasteiger partial charge in [-0.25, -0.2) is 0 Å². The van der Waals surface area contributed by atoms with E-state index in [1.165, 1.54) is 0 Å². The van der Waals surface area contributed by atoms with Gasteiger partial charge >= 0.3 is 0 Å². The number of nitrogens with two attached hydrogens (primary N) is 1. The average Bonchev–Trinajstić information content (AvgIpc) is 2.35. The van der Waals surface area contributed by atoms with Crippen LogP contribution in [0.1, 0.15) is 25.3 Å². The molecule has 1 amide bonds. The van der Waals surface area contributed by atoms with E-state index in [9.17, 15) is 4.79 Å². The van der Waals surface area contributed by atoms with Crippen LogP contribution in [-0.2, 0) is 11.3 Å². The summed E-state index contributed by atoms with van der Waals surface area (Å²) in [6.07, 6.45) is 1.73. The van der Waals surface area contributed by atoms with E-state index in [1.807, 2.05) is 38.2 Å². The van der Waals surface area contributed by atoms with Crippen molar-refractivity contribution in [2.45, 2.75) is 26.3 Å². The van der Waals surface area contributed by atoms with Gasteiger partial charge in [0.15, 0.2) is 0 Å². The van der Waals surface area contributed by atoms with Crippen LogP contribution in [0.2, 0.25) is 5.02 Å². The van der Waals surface area contributed by atoms with Crippen molar-refractivity contribution in [3.05, 3.63) is 34.9 Å². The zero-order valence-electron chi connectivity index (χ0n) is 11.0. The fraction of sp³-hybridized carbons (Fsp3) is 0.500. The molecule has 18 heavy (non-hydrogen) atoms. The van der Waals surface area contributed by atoms with Gasteiger partial charge in [0.05, 0.1) is 0 Å². The second-order valence-corrected chi connectivity index (χ2v) is 5.09. The number of amides is 1. The third-order valence-corrected chi connectivity index (χ3v) is 3.18. The minimum atomic E-state index is 0.0257. The summed E-state index contributed by atoms with van der Waals surface area (Å²) in [5, 5.41) is 0.699. The van der Waals surface area contributed by atoms with Gasteiger partial charge < -0.3 is 10.6 Å². The van der Waals surface area contributed by atoms with E-state index in [0.29, 0.717) is 18.1 Å². The molecular weight excluding hydrogens is 248 g/mol. The number of hydrogen-bond donors (Lipinski definition) is 1. The van der Waals surface area contributed by atoms with E-state index < -0.39 is 0 Å². The van der Waals surface area contributed by atoms with Crippen LogP contribution in [0.3, 0.4) is 0 Å². The largest absolute Gasteiger partial charge is 0.341 e. The normalized spacial score (nSPS) is 12.2. The summed E-state index contributed by atoms with van der Waals surface area (Å²) in [5.74, 6) is 0.182. The van der Waals surface area contributed by atoms with Crippen LogP contribution < -0.4 is 5.73 Å². The van der Waals surface area contributed by atoms with Crippen molar-refractivity contribution >= 4 is 17.5 Å². The molecule has 0 spiro atoms. The molecule has 3 nitrogen and oxygen atoms in total. The molecule has 0 aliphatic heterocycles. The molecule has 1 aromatic rings. The third-order valence-electron chi connectivity index (χ3n) is 2.95. The van der Waals surface area contributed by atoms with E-state index >= 15 is 0 Å². The minimum Gasteiger partial charge on any atom is -0.341 e. The SMILES string of the molecule is CC(CCCN)C(=O)N(C)Cc1cccc(Cl)c1. The number of carbonyl (C=O) groups excluding carboxylic acids is 1. The first-order valence-electron chi connectivity index (χ1n) is 6.24. The average molecular weight is 269 g/mol. The first-order chi connectivity index (χ1) is 8.54. The molecule has 4 heteroatoms. The molecule has 1 rings (SSSR count). The third kappa shape index (κ3) is 4.67. The highest BCUT2D eigenvalue weighted by Gasteiger charge is 2.16. The number of hydrogen-bond acceptors (Lipinski definition) is 2. The number of rotatable bonds is 6. The predicted molar refractivity (Wildman–Crippen MR) is 75.4 cm³/mol. The highest BCUT2D eigenvalue weighted by molar-refractivity contribution is 6.30. The lowest BCUT2D eigenvalue weighted by Gasteiger charge is -2.21. The fourth-order valence-electron chi connectivity index (χ4n) is 1.91. The first-order valence-corrected chi connectivity index (χ1v) is 6.62. The van der Waals surface area contributed by atoms with E-state index in [-0.39, 0.29) is 11.8 Å². The number of halogens is 1. The lowest BCUT2D eigenvalue weighted by atomic mass is 10.0. The summed E-state index contributed by atoms with van der Waals surface area (Å²) in [5.41, 5.74) is 6.50. The standard InChI is InChI=1S/C14H21ClN2O/c1-11(5-4-8-16)14(18)17(2)10-12-6-3-7-13(15)9-12/h3,6-7,9,11H,4-5,8,10,16H2,1-2H3. The molecule has 0 saturated carbocycles. The second-order valence-electron chi connectivity index (χ2n) is 4.66. The lowest BCUT2D eigenvalue weighted by Crippen LogP contribution is -2.31. The Morgan fingerprint density at radius 1 is 1.50 bits per heavy atom. The maximum absolute atomic E-state index is 12.1. The summed E-state index contributed by atoms with van der Waals surface area (Å²) in [6.45, 7) is 3.18. The van der Waals surface area contributed by atoms with Crippen LogP contribution in [0.15, 0.2) is 24.3 Å². The zero-order valence-corrected chi connectivity index (χ0v) is 11.8. The minimum absolute atomic E-state index is 0.0257. The molecule has 0 aromatic heterocycles. The van der Waals surface area contributed by atoms with E-state index in [1.54, 1.807) is 4.90 Å². The molecule has 0 aliphatic rings. The Balaban J connectivity index is 2.54. The van der Waals surface area contributed by atoms with Crippen LogP contribution in [0.25, 0.3) is 0 Å². The van der Waals surface area contributed by atoms with Crippen LogP contribution in [0, 0.1) is 5.92 Å². The van der Waals surface area contributed by atoms with Crippen LogP contribution in [0.4, 0.5) is 0 Å². The molecule has 0 fully saturated rings. The van der Waals surface area contributed by atoms with Gasteiger partial charge in [-0.2, -0.15) is 0 Å². The smallest absolute Gasteiger partial charge is 0.225 e. The molecular formula is C14H21ClN2O. The predicted octanol–water partition coefficient (Wildman–Crippen LogP) is 2.67. The van der Waals surface area contributed by atoms with Crippen molar-refractivity contribution in [3.63, 3.8) is 0 Å². The maximum atomic E-state index is 12.1. The monoisotopic (exact) mass is 268 g/mol. The van der Waals surface area contributed by atoms with Gasteiger partial charge in [-0.1, -0.05) is 30.7 Å². The van der Waals surface area contributed by atoms with Gasteiger partial charge in [0.2, 0.25) is 5.91 Å². The Bertz CT molecular complexity index is 395. The van der Waals surface area contributed by atoms with Gasteiger partial charge in [-0.3, -0.25) is 4.79 Å². The highest BCUT2D eigenvalue weighted by Crippen LogP contribution is 2.14. The van der Waals surface area contributed by atoms with Gasteiger partial charge in [0, 0.05) is 24.5 Å². The molecule has 0 heterocycles. The summed E-state index contributed by atoms with van der Waals surface area (Å²) in [6, 6.07) is 7.58. The number of benzene rings is 1. The van der Waals surface area contributed by atoms with Crippen molar-refractivity contribution in [2.24, 2.45) is 11.7 Å². The number of nitrogens with zero attached hydrogens (tertiary/aromatic N) is 1. The van der Waals surface area contributed by atoms with Crippen molar-refractivity contribution in [2.75, 3.05) is 13.6 Å². The zero-order chi connectivity index (χ0) is 13.5. The Labute approximate surface area is 114 Å². The van der Waals surface area contributed by atoms with Gasteiger partial charge in [0.25, 0.3) is 0 Å².